The van der Waals surface area contributed by atoms with Crippen LogP contribution >= 0.6 is 0 Å². The average Bonchev–Trinajstić information content (AvgIpc) is 2.76. The van der Waals surface area contributed by atoms with E-state index in [2.05, 4.69) is 5.32 Å². The Kier molecular flexibility index (Phi) is 6.76. The maximum atomic E-state index is 13.6. The summed E-state index contributed by atoms with van der Waals surface area (Å²) in [6, 6.07) is 5.83. The molecule has 9 nitrogen and oxygen atoms in total. The van der Waals surface area contributed by atoms with Crippen molar-refractivity contribution in [2.24, 2.45) is 11.8 Å². The number of nitro groups is 1. The van der Waals surface area contributed by atoms with Crippen LogP contribution in [0.4, 0.5) is 5.69 Å². The Labute approximate surface area is 185 Å². The highest BCUT2D eigenvalue weighted by Crippen LogP contribution is 2.45. The highest BCUT2D eigenvalue weighted by Gasteiger charge is 2.47. The topological polar surface area (TPSA) is 125 Å². The molecule has 1 heterocycles. The standard InChI is InChI=1S/C23H26N2O7/c1-5-9-32-23(28)18-13(3)24-16-10-12(2)17(22(27)31-4)21(26)20(16)19(18)14-7-6-8-15(11-14)25(29)30/h6-8,11-12,17,19,24H,5,9-10H2,1-4H3/t12-,17-,19-/m1/s1. The zero-order chi connectivity index (χ0) is 23.6. The molecule has 3 atom stereocenters. The molecule has 0 bridgehead atoms. The first-order valence-corrected chi connectivity index (χ1v) is 10.5. The van der Waals surface area contributed by atoms with E-state index in [9.17, 15) is 24.5 Å². The van der Waals surface area contributed by atoms with Crippen molar-refractivity contribution in [2.75, 3.05) is 13.7 Å². The van der Waals surface area contributed by atoms with Crippen LogP contribution in [-0.2, 0) is 23.9 Å². The molecular formula is C23H26N2O7. The SMILES string of the molecule is CCCOC(=O)C1=C(C)NC2=C(C(=O)[C@H](C(=O)OC)[C@H](C)C2)[C@@H]1c1cccc([N+](=O)[O-])c1. The lowest BCUT2D eigenvalue weighted by Crippen LogP contribution is -2.43. The molecule has 0 aromatic heterocycles. The van der Waals surface area contributed by atoms with Gasteiger partial charge in [-0.1, -0.05) is 26.0 Å². The molecule has 0 fully saturated rings. The third-order valence-electron chi connectivity index (χ3n) is 5.81. The number of nitrogens with zero attached hydrogens (tertiary/aromatic N) is 1. The number of hydrogen-bond donors (Lipinski definition) is 1. The number of nitro benzene ring substituents is 1. The summed E-state index contributed by atoms with van der Waals surface area (Å²) in [4.78, 5) is 49.8. The van der Waals surface area contributed by atoms with E-state index in [0.717, 1.165) is 0 Å². The molecule has 1 N–H and O–H groups in total. The lowest BCUT2D eigenvalue weighted by atomic mass is 9.69. The predicted octanol–water partition coefficient (Wildman–Crippen LogP) is 3.16. The number of carbonyl (C=O) groups excluding carboxylic acids is 3. The summed E-state index contributed by atoms with van der Waals surface area (Å²) in [6.45, 7) is 5.55. The van der Waals surface area contributed by atoms with Crippen molar-refractivity contribution < 1.29 is 28.8 Å². The Hall–Kier alpha value is -3.49. The molecule has 0 saturated carbocycles. The van der Waals surface area contributed by atoms with E-state index >= 15 is 0 Å². The first-order chi connectivity index (χ1) is 15.2. The van der Waals surface area contributed by atoms with E-state index in [-0.39, 0.29) is 29.4 Å². The van der Waals surface area contributed by atoms with Crippen LogP contribution in [0.2, 0.25) is 0 Å². The molecule has 170 valence electrons. The van der Waals surface area contributed by atoms with Crippen LogP contribution in [0.5, 0.6) is 0 Å². The summed E-state index contributed by atoms with van der Waals surface area (Å²) in [5.74, 6) is -3.94. The van der Waals surface area contributed by atoms with Gasteiger partial charge < -0.3 is 14.8 Å². The van der Waals surface area contributed by atoms with Crippen LogP contribution in [-0.4, -0.2) is 36.4 Å². The van der Waals surface area contributed by atoms with Gasteiger partial charge in [-0.15, -0.1) is 0 Å². The second-order valence-corrected chi connectivity index (χ2v) is 8.02. The molecule has 1 aromatic rings. The van der Waals surface area contributed by atoms with E-state index in [1.54, 1.807) is 19.9 Å². The smallest absolute Gasteiger partial charge is 0.336 e. The fourth-order valence-corrected chi connectivity index (χ4v) is 4.37. The zero-order valence-electron chi connectivity index (χ0n) is 18.5. The van der Waals surface area contributed by atoms with E-state index < -0.39 is 34.5 Å². The van der Waals surface area contributed by atoms with Crippen molar-refractivity contribution in [3.8, 4) is 0 Å². The normalized spacial score (nSPS) is 22.8. The van der Waals surface area contributed by atoms with Gasteiger partial charge in [0.15, 0.2) is 5.78 Å². The quantitative estimate of drug-likeness (QED) is 0.308. The lowest BCUT2D eigenvalue weighted by Gasteiger charge is -2.38. The fourth-order valence-electron chi connectivity index (χ4n) is 4.37. The number of hydrogen-bond acceptors (Lipinski definition) is 8. The van der Waals surface area contributed by atoms with Crippen molar-refractivity contribution in [1.29, 1.82) is 0 Å². The first kappa shape index (κ1) is 23.2. The van der Waals surface area contributed by atoms with Crippen LogP contribution in [0.3, 0.4) is 0 Å². The van der Waals surface area contributed by atoms with E-state index in [1.165, 1.54) is 25.3 Å². The van der Waals surface area contributed by atoms with E-state index in [4.69, 9.17) is 9.47 Å². The van der Waals surface area contributed by atoms with Gasteiger partial charge in [0.1, 0.15) is 5.92 Å². The van der Waals surface area contributed by atoms with Gasteiger partial charge in [0.25, 0.3) is 5.69 Å². The largest absolute Gasteiger partial charge is 0.468 e. The van der Waals surface area contributed by atoms with Crippen LogP contribution in [0, 0.1) is 22.0 Å². The average molecular weight is 442 g/mol. The minimum atomic E-state index is -1.02. The number of benzene rings is 1. The minimum absolute atomic E-state index is 0.164. The number of dihydropyridines is 1. The summed E-state index contributed by atoms with van der Waals surface area (Å²) < 4.78 is 10.2. The number of Topliss-reactive ketones (excluding diaryl/α,β-unsaturated/α-hetero) is 1. The number of esters is 2. The van der Waals surface area contributed by atoms with Gasteiger partial charge in [-0.25, -0.2) is 4.79 Å². The number of allylic oxidation sites excluding steroid dienone is 3. The fraction of sp³-hybridized carbons (Fsp3) is 0.435. The Morgan fingerprint density at radius 1 is 1.31 bits per heavy atom. The van der Waals surface area contributed by atoms with Crippen molar-refractivity contribution in [1.82, 2.24) is 5.32 Å². The molecule has 2 aliphatic rings. The van der Waals surface area contributed by atoms with Gasteiger partial charge in [0.2, 0.25) is 0 Å². The molecule has 0 saturated heterocycles. The number of rotatable bonds is 6. The van der Waals surface area contributed by atoms with Crippen LogP contribution in [0.25, 0.3) is 0 Å². The number of nitrogens with one attached hydrogen (secondary N) is 1. The van der Waals surface area contributed by atoms with Crippen LogP contribution < -0.4 is 5.32 Å². The molecule has 3 rings (SSSR count). The highest BCUT2D eigenvalue weighted by molar-refractivity contribution is 6.12. The molecule has 1 aliphatic heterocycles. The Morgan fingerprint density at radius 3 is 2.66 bits per heavy atom. The van der Waals surface area contributed by atoms with Crippen molar-refractivity contribution in [2.45, 2.75) is 39.5 Å². The van der Waals surface area contributed by atoms with Gasteiger partial charge >= 0.3 is 11.9 Å². The van der Waals surface area contributed by atoms with Gasteiger partial charge in [-0.05, 0) is 31.2 Å². The van der Waals surface area contributed by atoms with Crippen molar-refractivity contribution in [3.63, 3.8) is 0 Å². The number of methoxy groups -OCH3 is 1. The molecule has 32 heavy (non-hydrogen) atoms. The summed E-state index contributed by atoms with van der Waals surface area (Å²) in [5.41, 5.74) is 1.80. The van der Waals surface area contributed by atoms with Crippen molar-refractivity contribution in [3.05, 3.63) is 62.5 Å². The van der Waals surface area contributed by atoms with Gasteiger partial charge in [0, 0.05) is 35.0 Å². The highest BCUT2D eigenvalue weighted by atomic mass is 16.6. The van der Waals surface area contributed by atoms with Gasteiger partial charge in [-0.2, -0.15) is 0 Å². The summed E-state index contributed by atoms with van der Waals surface area (Å²) in [5, 5.41) is 14.5. The number of non-ortho nitro benzene ring substituents is 1. The monoisotopic (exact) mass is 442 g/mol. The first-order valence-electron chi connectivity index (χ1n) is 10.5. The summed E-state index contributed by atoms with van der Waals surface area (Å²) in [7, 11) is 1.22. The molecule has 0 amide bonds. The molecule has 9 heteroatoms. The maximum absolute atomic E-state index is 13.6. The Balaban J connectivity index is 2.20. The second-order valence-electron chi connectivity index (χ2n) is 8.02. The number of carbonyl (C=O) groups is 3. The van der Waals surface area contributed by atoms with E-state index in [0.29, 0.717) is 29.8 Å². The minimum Gasteiger partial charge on any atom is -0.468 e. The van der Waals surface area contributed by atoms with Crippen LogP contribution in [0.1, 0.15) is 45.1 Å². The van der Waals surface area contributed by atoms with E-state index in [1.807, 2.05) is 6.92 Å². The summed E-state index contributed by atoms with van der Waals surface area (Å²) >= 11 is 0. The lowest BCUT2D eigenvalue weighted by molar-refractivity contribution is -0.384. The predicted molar refractivity (Wildman–Crippen MR) is 114 cm³/mol. The molecule has 0 spiro atoms. The van der Waals surface area contributed by atoms with Crippen LogP contribution in [0.15, 0.2) is 46.8 Å². The van der Waals surface area contributed by atoms with Crippen molar-refractivity contribution >= 4 is 23.4 Å². The van der Waals surface area contributed by atoms with Gasteiger partial charge in [0.05, 0.1) is 24.2 Å². The third kappa shape index (κ3) is 4.15. The summed E-state index contributed by atoms with van der Waals surface area (Å²) in [6.07, 6.45) is 1.00. The van der Waals surface area contributed by atoms with Gasteiger partial charge in [-0.3, -0.25) is 19.7 Å². The Morgan fingerprint density at radius 2 is 2.03 bits per heavy atom. The maximum Gasteiger partial charge on any atom is 0.336 e. The zero-order valence-corrected chi connectivity index (χ0v) is 18.5. The number of ether oxygens (including phenoxy) is 2. The molecular weight excluding hydrogens is 416 g/mol. The molecule has 1 aliphatic carbocycles. The molecule has 0 unspecified atom stereocenters. The Bertz CT molecular complexity index is 1040. The third-order valence-corrected chi connectivity index (χ3v) is 5.81. The second kappa shape index (κ2) is 9.33. The molecule has 1 aromatic carbocycles. The number of ketones is 1. The molecule has 0 radical (unpaired) electrons.